The van der Waals surface area contributed by atoms with Gasteiger partial charge < -0.3 is 4.98 Å². The Balaban J connectivity index is 2.12. The Morgan fingerprint density at radius 1 is 0.900 bits per heavy atom. The molecular formula is C15H8F3NO. The summed E-state index contributed by atoms with van der Waals surface area (Å²) in [4.78, 5) is 15.0. The Labute approximate surface area is 111 Å². The second kappa shape index (κ2) is 4.52. The Hall–Kier alpha value is -2.56. The number of carbonyl (C=O) groups is 1. The molecule has 0 unspecified atom stereocenters. The molecule has 0 aliphatic carbocycles. The fourth-order valence-corrected chi connectivity index (χ4v) is 2.13. The fourth-order valence-electron chi connectivity index (χ4n) is 2.13. The molecule has 1 aromatic heterocycles. The third kappa shape index (κ3) is 2.07. The van der Waals surface area contributed by atoms with Crippen molar-refractivity contribution in [3.8, 4) is 0 Å². The Kier molecular flexibility index (Phi) is 2.82. The van der Waals surface area contributed by atoms with Crippen LogP contribution in [0, 0.1) is 17.5 Å². The van der Waals surface area contributed by atoms with Crippen molar-refractivity contribution in [1.29, 1.82) is 0 Å². The number of fused-ring (bicyclic) bond motifs is 1. The van der Waals surface area contributed by atoms with Gasteiger partial charge in [-0.15, -0.1) is 0 Å². The van der Waals surface area contributed by atoms with Crippen molar-refractivity contribution in [1.82, 2.24) is 4.98 Å². The maximum Gasteiger partial charge on any atom is 0.195 e. The number of benzene rings is 2. The molecule has 0 spiro atoms. The van der Waals surface area contributed by atoms with Gasteiger partial charge >= 0.3 is 0 Å². The molecule has 0 bridgehead atoms. The van der Waals surface area contributed by atoms with E-state index in [1.165, 1.54) is 24.4 Å². The highest BCUT2D eigenvalue weighted by Crippen LogP contribution is 2.22. The van der Waals surface area contributed by atoms with Crippen molar-refractivity contribution in [2.45, 2.75) is 0 Å². The van der Waals surface area contributed by atoms with Crippen LogP contribution in [0.15, 0.2) is 42.6 Å². The summed E-state index contributed by atoms with van der Waals surface area (Å²) in [7, 11) is 0. The van der Waals surface area contributed by atoms with Crippen molar-refractivity contribution in [3.63, 3.8) is 0 Å². The van der Waals surface area contributed by atoms with Crippen LogP contribution in [0.3, 0.4) is 0 Å². The Bertz CT molecular complexity index is 803. The molecule has 0 saturated heterocycles. The van der Waals surface area contributed by atoms with Gasteiger partial charge in [-0.3, -0.25) is 4.79 Å². The van der Waals surface area contributed by atoms with E-state index >= 15 is 0 Å². The van der Waals surface area contributed by atoms with Gasteiger partial charge in [-0.1, -0.05) is 0 Å². The van der Waals surface area contributed by atoms with Gasteiger partial charge in [-0.2, -0.15) is 0 Å². The van der Waals surface area contributed by atoms with Crippen molar-refractivity contribution in [3.05, 3.63) is 71.2 Å². The molecule has 3 aromatic rings. The van der Waals surface area contributed by atoms with E-state index in [1.807, 2.05) is 0 Å². The zero-order valence-corrected chi connectivity index (χ0v) is 10.1. The third-order valence-corrected chi connectivity index (χ3v) is 3.01. The molecule has 0 amide bonds. The first kappa shape index (κ1) is 12.5. The van der Waals surface area contributed by atoms with E-state index in [-0.39, 0.29) is 11.1 Å². The Morgan fingerprint density at radius 2 is 1.60 bits per heavy atom. The number of nitrogens with one attached hydrogen (secondary N) is 1. The summed E-state index contributed by atoms with van der Waals surface area (Å²) in [5, 5.41) is 0.501. The van der Waals surface area contributed by atoms with E-state index in [9.17, 15) is 18.0 Å². The van der Waals surface area contributed by atoms with Gasteiger partial charge in [0, 0.05) is 34.3 Å². The lowest BCUT2D eigenvalue weighted by molar-refractivity contribution is 0.103. The third-order valence-electron chi connectivity index (χ3n) is 3.01. The van der Waals surface area contributed by atoms with Gasteiger partial charge in [-0.25, -0.2) is 13.2 Å². The average molecular weight is 275 g/mol. The Morgan fingerprint density at radius 3 is 2.30 bits per heavy atom. The van der Waals surface area contributed by atoms with E-state index in [1.54, 1.807) is 0 Å². The lowest BCUT2D eigenvalue weighted by Crippen LogP contribution is -2.02. The molecule has 0 saturated carbocycles. The standard InChI is InChI=1S/C15H8F3NO/c16-9-1-2-12-13(7-19-14(12)6-9)15(20)8-3-10(17)5-11(18)4-8/h1-7,19H. The molecule has 100 valence electrons. The van der Waals surface area contributed by atoms with Crippen LogP contribution in [0.1, 0.15) is 15.9 Å². The first-order chi connectivity index (χ1) is 9.54. The van der Waals surface area contributed by atoms with Gasteiger partial charge in [0.1, 0.15) is 17.5 Å². The summed E-state index contributed by atoms with van der Waals surface area (Å²) in [5.74, 6) is -2.60. The highest BCUT2D eigenvalue weighted by atomic mass is 19.1. The minimum absolute atomic E-state index is 0.0901. The van der Waals surface area contributed by atoms with Crippen LogP contribution in [-0.4, -0.2) is 10.8 Å². The molecule has 0 aliphatic rings. The normalized spacial score (nSPS) is 10.9. The highest BCUT2D eigenvalue weighted by Gasteiger charge is 2.16. The van der Waals surface area contributed by atoms with E-state index in [0.29, 0.717) is 17.0 Å². The highest BCUT2D eigenvalue weighted by molar-refractivity contribution is 6.16. The van der Waals surface area contributed by atoms with Crippen molar-refractivity contribution >= 4 is 16.7 Å². The van der Waals surface area contributed by atoms with Crippen LogP contribution < -0.4 is 0 Å². The molecule has 3 rings (SSSR count). The summed E-state index contributed by atoms with van der Waals surface area (Å²) in [5.41, 5.74) is 0.600. The van der Waals surface area contributed by atoms with Gasteiger partial charge in [-0.05, 0) is 30.3 Å². The predicted molar refractivity (Wildman–Crippen MR) is 68.0 cm³/mol. The quantitative estimate of drug-likeness (QED) is 0.709. The maximum atomic E-state index is 13.1. The monoisotopic (exact) mass is 275 g/mol. The molecule has 5 heteroatoms. The lowest BCUT2D eigenvalue weighted by Gasteiger charge is -2.01. The number of H-pyrrole nitrogens is 1. The smallest absolute Gasteiger partial charge is 0.195 e. The lowest BCUT2D eigenvalue weighted by atomic mass is 10.0. The number of rotatable bonds is 2. The van der Waals surface area contributed by atoms with Crippen LogP contribution in [0.4, 0.5) is 13.2 Å². The van der Waals surface area contributed by atoms with E-state index in [2.05, 4.69) is 4.98 Å². The van der Waals surface area contributed by atoms with Gasteiger partial charge in [0.05, 0.1) is 0 Å². The number of ketones is 1. The minimum Gasteiger partial charge on any atom is -0.360 e. The fraction of sp³-hybridized carbons (Fsp3) is 0. The topological polar surface area (TPSA) is 32.9 Å². The molecular weight excluding hydrogens is 267 g/mol. The van der Waals surface area contributed by atoms with Crippen molar-refractivity contribution < 1.29 is 18.0 Å². The van der Waals surface area contributed by atoms with Crippen LogP contribution in [0.25, 0.3) is 10.9 Å². The van der Waals surface area contributed by atoms with E-state index < -0.39 is 23.2 Å². The van der Waals surface area contributed by atoms with Crippen LogP contribution in [0.2, 0.25) is 0 Å². The minimum atomic E-state index is -0.820. The summed E-state index contributed by atoms with van der Waals surface area (Å²) in [6, 6.07) is 6.55. The van der Waals surface area contributed by atoms with E-state index in [0.717, 1.165) is 12.1 Å². The average Bonchev–Trinajstić information content (AvgIpc) is 2.79. The van der Waals surface area contributed by atoms with Gasteiger partial charge in [0.25, 0.3) is 0 Å². The van der Waals surface area contributed by atoms with Gasteiger partial charge in [0.15, 0.2) is 5.78 Å². The zero-order chi connectivity index (χ0) is 14.3. The summed E-state index contributed by atoms with van der Waals surface area (Å²) < 4.78 is 39.4. The van der Waals surface area contributed by atoms with Crippen LogP contribution in [-0.2, 0) is 0 Å². The predicted octanol–water partition coefficient (Wildman–Crippen LogP) is 3.82. The summed E-state index contributed by atoms with van der Waals surface area (Å²) >= 11 is 0. The first-order valence-corrected chi connectivity index (χ1v) is 5.82. The molecule has 0 atom stereocenters. The van der Waals surface area contributed by atoms with Crippen molar-refractivity contribution in [2.24, 2.45) is 0 Å². The molecule has 0 fully saturated rings. The number of aromatic nitrogens is 1. The largest absolute Gasteiger partial charge is 0.360 e. The number of hydrogen-bond donors (Lipinski definition) is 1. The van der Waals surface area contributed by atoms with Gasteiger partial charge in [0.2, 0.25) is 0 Å². The number of hydrogen-bond acceptors (Lipinski definition) is 1. The maximum absolute atomic E-state index is 13.1. The number of aromatic amines is 1. The van der Waals surface area contributed by atoms with Crippen LogP contribution >= 0.6 is 0 Å². The molecule has 0 radical (unpaired) electrons. The number of halogens is 3. The molecule has 1 heterocycles. The summed E-state index contributed by atoms with van der Waals surface area (Å²) in [6.07, 6.45) is 1.40. The molecule has 2 aromatic carbocycles. The molecule has 2 nitrogen and oxygen atoms in total. The molecule has 1 N–H and O–H groups in total. The number of carbonyl (C=O) groups excluding carboxylic acids is 1. The zero-order valence-electron chi connectivity index (χ0n) is 10.1. The van der Waals surface area contributed by atoms with Crippen molar-refractivity contribution in [2.75, 3.05) is 0 Å². The molecule has 0 aliphatic heterocycles. The first-order valence-electron chi connectivity index (χ1n) is 5.82. The van der Waals surface area contributed by atoms with E-state index in [4.69, 9.17) is 0 Å². The molecule has 20 heavy (non-hydrogen) atoms. The van der Waals surface area contributed by atoms with Crippen LogP contribution in [0.5, 0.6) is 0 Å². The SMILES string of the molecule is O=C(c1cc(F)cc(F)c1)c1c[nH]c2cc(F)ccc12. The second-order valence-electron chi connectivity index (χ2n) is 4.38. The second-order valence-corrected chi connectivity index (χ2v) is 4.38. The summed E-state index contributed by atoms with van der Waals surface area (Å²) in [6.45, 7) is 0.